The SMILES string of the molecule is CC(C(=O)NO)N1CCC(C)(C)C1=O. The summed E-state index contributed by atoms with van der Waals surface area (Å²) < 4.78 is 0. The number of likely N-dealkylation sites (tertiary alicyclic amines) is 1. The van der Waals surface area contributed by atoms with Gasteiger partial charge in [-0.1, -0.05) is 13.8 Å². The molecule has 1 fully saturated rings. The average Bonchev–Trinajstić information content (AvgIpc) is 2.40. The highest BCUT2D eigenvalue weighted by Gasteiger charge is 2.42. The van der Waals surface area contributed by atoms with Gasteiger partial charge in [0.1, 0.15) is 6.04 Å². The molecule has 80 valence electrons. The highest BCUT2D eigenvalue weighted by molar-refractivity contribution is 5.90. The molecule has 5 heteroatoms. The maximum Gasteiger partial charge on any atom is 0.265 e. The van der Waals surface area contributed by atoms with Crippen molar-refractivity contribution in [3.05, 3.63) is 0 Å². The zero-order valence-electron chi connectivity index (χ0n) is 8.70. The van der Waals surface area contributed by atoms with Gasteiger partial charge >= 0.3 is 0 Å². The van der Waals surface area contributed by atoms with Crippen LogP contribution in [0.5, 0.6) is 0 Å². The minimum atomic E-state index is -0.603. The first-order chi connectivity index (χ1) is 6.40. The molecule has 1 rings (SSSR count). The molecule has 1 unspecified atom stereocenters. The number of nitrogens with one attached hydrogen (secondary N) is 1. The van der Waals surface area contributed by atoms with Gasteiger partial charge in [-0.2, -0.15) is 0 Å². The van der Waals surface area contributed by atoms with Gasteiger partial charge in [-0.15, -0.1) is 0 Å². The van der Waals surface area contributed by atoms with Gasteiger partial charge in [0.05, 0.1) is 0 Å². The fourth-order valence-corrected chi connectivity index (χ4v) is 1.60. The Bertz CT molecular complexity index is 263. The fourth-order valence-electron chi connectivity index (χ4n) is 1.60. The van der Waals surface area contributed by atoms with Crippen molar-refractivity contribution in [2.24, 2.45) is 5.41 Å². The summed E-state index contributed by atoms with van der Waals surface area (Å²) in [6.45, 7) is 5.89. The first-order valence-electron chi connectivity index (χ1n) is 4.65. The van der Waals surface area contributed by atoms with Crippen LogP contribution in [0.2, 0.25) is 0 Å². The number of hydroxylamine groups is 1. The molecular formula is C9H16N2O3. The summed E-state index contributed by atoms with van der Waals surface area (Å²) in [5.74, 6) is -0.579. The van der Waals surface area contributed by atoms with E-state index in [2.05, 4.69) is 0 Å². The number of amides is 2. The molecule has 14 heavy (non-hydrogen) atoms. The Hall–Kier alpha value is -1.10. The van der Waals surface area contributed by atoms with Crippen molar-refractivity contribution < 1.29 is 14.8 Å². The molecule has 1 aliphatic rings. The molecule has 0 aliphatic carbocycles. The van der Waals surface area contributed by atoms with Gasteiger partial charge in [0.15, 0.2) is 0 Å². The molecule has 0 aromatic carbocycles. The standard InChI is InChI=1S/C9H16N2O3/c1-6(7(12)10-14)11-5-4-9(2,3)8(11)13/h6,14H,4-5H2,1-3H3,(H,10,12). The van der Waals surface area contributed by atoms with Crippen LogP contribution in [-0.4, -0.2) is 34.5 Å². The second kappa shape index (κ2) is 3.57. The van der Waals surface area contributed by atoms with E-state index in [9.17, 15) is 9.59 Å². The Labute approximate surface area is 83.0 Å². The van der Waals surface area contributed by atoms with E-state index in [0.29, 0.717) is 6.54 Å². The topological polar surface area (TPSA) is 69.6 Å². The lowest BCUT2D eigenvalue weighted by Gasteiger charge is -2.24. The van der Waals surface area contributed by atoms with Crippen LogP contribution in [0.4, 0.5) is 0 Å². The summed E-state index contributed by atoms with van der Waals surface area (Å²) in [5.41, 5.74) is 1.17. The van der Waals surface area contributed by atoms with Crippen molar-refractivity contribution >= 4 is 11.8 Å². The highest BCUT2D eigenvalue weighted by Crippen LogP contribution is 2.31. The second-order valence-corrected chi connectivity index (χ2v) is 4.28. The maximum atomic E-state index is 11.8. The van der Waals surface area contributed by atoms with Crippen LogP contribution in [0.15, 0.2) is 0 Å². The summed E-state index contributed by atoms with van der Waals surface area (Å²) in [6, 6.07) is -0.603. The van der Waals surface area contributed by atoms with Crippen molar-refractivity contribution in [3.8, 4) is 0 Å². The number of hydrogen-bond donors (Lipinski definition) is 2. The van der Waals surface area contributed by atoms with Gasteiger partial charge in [0.2, 0.25) is 5.91 Å². The van der Waals surface area contributed by atoms with Crippen LogP contribution < -0.4 is 5.48 Å². The molecule has 0 bridgehead atoms. The van der Waals surface area contributed by atoms with Crippen molar-refractivity contribution in [2.45, 2.75) is 33.2 Å². The van der Waals surface area contributed by atoms with Crippen LogP contribution in [0, 0.1) is 5.41 Å². The van der Waals surface area contributed by atoms with E-state index in [0.717, 1.165) is 6.42 Å². The average molecular weight is 200 g/mol. The van der Waals surface area contributed by atoms with E-state index in [-0.39, 0.29) is 11.3 Å². The number of rotatable bonds is 2. The van der Waals surface area contributed by atoms with Crippen LogP contribution in [-0.2, 0) is 9.59 Å². The molecule has 1 heterocycles. The first-order valence-corrected chi connectivity index (χ1v) is 4.65. The van der Waals surface area contributed by atoms with Crippen LogP contribution in [0.25, 0.3) is 0 Å². The minimum Gasteiger partial charge on any atom is -0.330 e. The monoisotopic (exact) mass is 200 g/mol. The highest BCUT2D eigenvalue weighted by atomic mass is 16.5. The number of hydrogen-bond acceptors (Lipinski definition) is 3. The van der Waals surface area contributed by atoms with Crippen LogP contribution in [0.3, 0.4) is 0 Å². The zero-order valence-corrected chi connectivity index (χ0v) is 8.70. The minimum absolute atomic E-state index is 0.0337. The number of nitrogens with zero attached hydrogens (tertiary/aromatic N) is 1. The Kier molecular flexibility index (Phi) is 2.80. The predicted molar refractivity (Wildman–Crippen MR) is 49.5 cm³/mol. The maximum absolute atomic E-state index is 11.8. The summed E-state index contributed by atoms with van der Waals surface area (Å²) >= 11 is 0. The van der Waals surface area contributed by atoms with Crippen molar-refractivity contribution in [1.82, 2.24) is 10.4 Å². The van der Waals surface area contributed by atoms with E-state index in [4.69, 9.17) is 5.21 Å². The molecule has 0 aromatic heterocycles. The normalized spacial score (nSPS) is 22.3. The molecule has 1 aliphatic heterocycles. The van der Waals surface area contributed by atoms with E-state index < -0.39 is 11.9 Å². The second-order valence-electron chi connectivity index (χ2n) is 4.28. The molecule has 2 amide bonds. The van der Waals surface area contributed by atoms with Crippen molar-refractivity contribution in [1.29, 1.82) is 0 Å². The molecule has 1 saturated heterocycles. The Balaban J connectivity index is 2.73. The Morgan fingerprint density at radius 1 is 1.64 bits per heavy atom. The molecule has 0 radical (unpaired) electrons. The van der Waals surface area contributed by atoms with Gasteiger partial charge in [0, 0.05) is 12.0 Å². The number of carbonyl (C=O) groups excluding carboxylic acids is 2. The zero-order chi connectivity index (χ0) is 10.9. The van der Waals surface area contributed by atoms with Gasteiger partial charge in [-0.3, -0.25) is 14.8 Å². The summed E-state index contributed by atoms with van der Waals surface area (Å²) in [5, 5.41) is 8.44. The summed E-state index contributed by atoms with van der Waals surface area (Å²) in [6.07, 6.45) is 0.745. The smallest absolute Gasteiger partial charge is 0.265 e. The van der Waals surface area contributed by atoms with Crippen LogP contribution >= 0.6 is 0 Å². The lowest BCUT2D eigenvalue weighted by molar-refractivity contribution is -0.144. The molecule has 0 spiro atoms. The molecule has 2 N–H and O–H groups in total. The van der Waals surface area contributed by atoms with E-state index >= 15 is 0 Å². The quantitative estimate of drug-likeness (QED) is 0.492. The van der Waals surface area contributed by atoms with E-state index in [1.54, 1.807) is 12.4 Å². The third-order valence-corrected chi connectivity index (χ3v) is 2.77. The molecule has 0 saturated carbocycles. The molecule has 5 nitrogen and oxygen atoms in total. The Morgan fingerprint density at radius 3 is 2.57 bits per heavy atom. The van der Waals surface area contributed by atoms with E-state index in [1.807, 2.05) is 13.8 Å². The van der Waals surface area contributed by atoms with Gasteiger partial charge < -0.3 is 4.90 Å². The first kappa shape index (κ1) is 11.0. The fraction of sp³-hybridized carbons (Fsp3) is 0.778. The lowest BCUT2D eigenvalue weighted by Crippen LogP contribution is -2.46. The van der Waals surface area contributed by atoms with E-state index in [1.165, 1.54) is 4.90 Å². The van der Waals surface area contributed by atoms with Crippen molar-refractivity contribution in [2.75, 3.05) is 6.54 Å². The van der Waals surface area contributed by atoms with Crippen LogP contribution in [0.1, 0.15) is 27.2 Å². The third-order valence-electron chi connectivity index (χ3n) is 2.77. The summed E-state index contributed by atoms with van der Waals surface area (Å²) in [4.78, 5) is 24.3. The predicted octanol–water partition coefficient (Wildman–Crippen LogP) is 0.139. The summed E-state index contributed by atoms with van der Waals surface area (Å²) in [7, 11) is 0. The molecular weight excluding hydrogens is 184 g/mol. The van der Waals surface area contributed by atoms with Crippen molar-refractivity contribution in [3.63, 3.8) is 0 Å². The molecule has 0 aromatic rings. The lowest BCUT2D eigenvalue weighted by atomic mass is 9.92. The third kappa shape index (κ3) is 1.72. The van der Waals surface area contributed by atoms with Gasteiger partial charge in [-0.25, -0.2) is 5.48 Å². The largest absolute Gasteiger partial charge is 0.330 e. The van der Waals surface area contributed by atoms with Gasteiger partial charge in [-0.05, 0) is 13.3 Å². The van der Waals surface area contributed by atoms with Gasteiger partial charge in [0.25, 0.3) is 5.91 Å². The molecule has 1 atom stereocenters. The number of carbonyl (C=O) groups is 2. The Morgan fingerprint density at radius 2 is 2.21 bits per heavy atom.